The van der Waals surface area contributed by atoms with Gasteiger partial charge in [0.15, 0.2) is 0 Å². The quantitative estimate of drug-likeness (QED) is 0.384. The zero-order valence-corrected chi connectivity index (χ0v) is 21.8. The lowest BCUT2D eigenvalue weighted by Gasteiger charge is -2.34. The van der Waals surface area contributed by atoms with Gasteiger partial charge in [-0.2, -0.15) is 4.31 Å². The van der Waals surface area contributed by atoms with Gasteiger partial charge in [-0.3, -0.25) is 14.3 Å². The van der Waals surface area contributed by atoms with Crippen molar-refractivity contribution in [2.45, 2.75) is 36.1 Å². The smallest absolute Gasteiger partial charge is 0.252 e. The second-order valence-electron chi connectivity index (χ2n) is 9.40. The van der Waals surface area contributed by atoms with Crippen LogP contribution in [-0.2, 0) is 23.0 Å². The van der Waals surface area contributed by atoms with Gasteiger partial charge in [0.25, 0.3) is 10.0 Å². The number of rotatable bonds is 6. The molecule has 2 aliphatic rings. The molecule has 1 atom stereocenters. The van der Waals surface area contributed by atoms with Gasteiger partial charge in [-0.25, -0.2) is 18.4 Å². The van der Waals surface area contributed by atoms with Gasteiger partial charge in [0, 0.05) is 51.3 Å². The molecule has 11 heteroatoms. The summed E-state index contributed by atoms with van der Waals surface area (Å²) in [5.74, 6) is 0.798. The molecule has 0 amide bonds. The zero-order chi connectivity index (χ0) is 24.7. The number of fused-ring (bicyclic) bond motifs is 2. The normalized spacial score (nSPS) is 19.2. The third-order valence-electron chi connectivity index (χ3n) is 7.13. The van der Waals surface area contributed by atoms with Crippen molar-refractivity contribution in [3.05, 3.63) is 71.3 Å². The number of nitrogens with zero attached hydrogens (tertiary/aromatic N) is 7. The minimum atomic E-state index is -3.43. The van der Waals surface area contributed by atoms with Gasteiger partial charge in [-0.05, 0) is 55.5 Å². The lowest BCUT2D eigenvalue weighted by atomic mass is 9.91. The third-order valence-corrected chi connectivity index (χ3v) is 10.4. The van der Waals surface area contributed by atoms with Crippen molar-refractivity contribution in [3.63, 3.8) is 0 Å². The van der Waals surface area contributed by atoms with E-state index in [4.69, 9.17) is 9.97 Å². The molecule has 1 aliphatic carbocycles. The third kappa shape index (κ3) is 4.30. The number of hydrogen-bond donors (Lipinski definition) is 0. The first-order chi connectivity index (χ1) is 17.5. The molecule has 6 rings (SSSR count). The molecule has 1 fully saturated rings. The van der Waals surface area contributed by atoms with E-state index < -0.39 is 10.0 Å². The Bertz CT molecular complexity index is 1460. The fourth-order valence-electron chi connectivity index (χ4n) is 5.31. The van der Waals surface area contributed by atoms with E-state index in [1.54, 1.807) is 28.0 Å². The highest BCUT2D eigenvalue weighted by atomic mass is 32.2. The number of piperazine rings is 1. The maximum Gasteiger partial charge on any atom is 0.252 e. The van der Waals surface area contributed by atoms with Gasteiger partial charge >= 0.3 is 0 Å². The molecule has 0 bridgehead atoms. The molecular weight excluding hydrogens is 494 g/mol. The predicted octanol–water partition coefficient (Wildman–Crippen LogP) is 3.21. The molecule has 4 aromatic rings. The standard InChI is InChI=1S/C25H29N7O2S2/c1-29(21-7-2-5-19-6-3-10-26-24(19)21)17-20-18-32-22(28-20)9-11-27-25(32)30-12-14-31(15-13-30)36(33,34)23-8-4-16-35-23/h3-4,6,8-11,16,18,21H,2,5,7,12-15,17H2,1H3/t21-/m0/s1. The summed E-state index contributed by atoms with van der Waals surface area (Å²) in [5, 5.41) is 1.80. The van der Waals surface area contributed by atoms with Crippen LogP contribution in [0.2, 0.25) is 0 Å². The molecule has 0 aromatic carbocycles. The fourth-order valence-corrected chi connectivity index (χ4v) is 7.88. The van der Waals surface area contributed by atoms with Crippen molar-refractivity contribution in [2.24, 2.45) is 0 Å². The second kappa shape index (κ2) is 9.55. The molecule has 5 heterocycles. The molecule has 0 saturated carbocycles. The molecular formula is C25H29N7O2S2. The zero-order valence-electron chi connectivity index (χ0n) is 20.2. The fraction of sp³-hybridized carbons (Fsp3) is 0.400. The summed E-state index contributed by atoms with van der Waals surface area (Å²) in [7, 11) is -1.29. The van der Waals surface area contributed by atoms with Crippen LogP contribution in [0.25, 0.3) is 5.65 Å². The summed E-state index contributed by atoms with van der Waals surface area (Å²) in [6, 6.07) is 9.86. The number of aromatic nitrogens is 4. The number of imidazole rings is 1. The van der Waals surface area contributed by atoms with E-state index in [1.165, 1.54) is 29.0 Å². The summed E-state index contributed by atoms with van der Waals surface area (Å²) in [4.78, 5) is 18.7. The van der Waals surface area contributed by atoms with E-state index >= 15 is 0 Å². The Labute approximate surface area is 215 Å². The van der Waals surface area contributed by atoms with Gasteiger partial charge in [0.1, 0.15) is 9.86 Å². The van der Waals surface area contributed by atoms with Crippen LogP contribution >= 0.6 is 11.3 Å². The lowest BCUT2D eigenvalue weighted by molar-refractivity contribution is 0.206. The summed E-state index contributed by atoms with van der Waals surface area (Å²) in [5.41, 5.74) is 4.36. The number of hydrogen-bond acceptors (Lipinski definition) is 8. The molecule has 36 heavy (non-hydrogen) atoms. The number of anilines is 1. The highest BCUT2D eigenvalue weighted by Crippen LogP contribution is 2.33. The first kappa shape index (κ1) is 23.5. The van der Waals surface area contributed by atoms with Crippen LogP contribution in [0.1, 0.15) is 35.8 Å². The molecule has 9 nitrogen and oxygen atoms in total. The van der Waals surface area contributed by atoms with E-state index in [9.17, 15) is 8.42 Å². The average molecular weight is 524 g/mol. The Hall–Kier alpha value is -2.86. The number of sulfonamides is 1. The monoisotopic (exact) mass is 523 g/mol. The molecule has 0 radical (unpaired) electrons. The largest absolute Gasteiger partial charge is 0.339 e. The van der Waals surface area contributed by atoms with Gasteiger partial charge in [0.05, 0.1) is 17.4 Å². The molecule has 4 aromatic heterocycles. The molecule has 0 unspecified atom stereocenters. The van der Waals surface area contributed by atoms with Crippen LogP contribution in [0.4, 0.5) is 5.95 Å². The Morgan fingerprint density at radius 1 is 1.08 bits per heavy atom. The van der Waals surface area contributed by atoms with Gasteiger partial charge < -0.3 is 4.90 Å². The maximum atomic E-state index is 12.9. The summed E-state index contributed by atoms with van der Waals surface area (Å²) >= 11 is 1.26. The van der Waals surface area contributed by atoms with Crippen LogP contribution < -0.4 is 4.90 Å². The average Bonchev–Trinajstić information content (AvgIpc) is 3.59. The summed E-state index contributed by atoms with van der Waals surface area (Å²) in [6.07, 6.45) is 9.09. The molecule has 1 saturated heterocycles. The van der Waals surface area contributed by atoms with Crippen molar-refractivity contribution in [1.82, 2.24) is 28.6 Å². The van der Waals surface area contributed by atoms with Gasteiger partial charge in [0.2, 0.25) is 5.95 Å². The summed E-state index contributed by atoms with van der Waals surface area (Å²) in [6.45, 7) is 2.73. The molecule has 188 valence electrons. The van der Waals surface area contributed by atoms with E-state index in [0.717, 1.165) is 30.1 Å². The van der Waals surface area contributed by atoms with Crippen LogP contribution in [0.5, 0.6) is 0 Å². The predicted molar refractivity (Wildman–Crippen MR) is 140 cm³/mol. The highest BCUT2D eigenvalue weighted by Gasteiger charge is 2.30. The van der Waals surface area contributed by atoms with Crippen molar-refractivity contribution < 1.29 is 8.42 Å². The van der Waals surface area contributed by atoms with E-state index in [-0.39, 0.29) is 6.04 Å². The first-order valence-electron chi connectivity index (χ1n) is 12.3. The first-order valence-corrected chi connectivity index (χ1v) is 14.6. The van der Waals surface area contributed by atoms with Crippen LogP contribution in [0.15, 0.2) is 58.5 Å². The Kier molecular flexibility index (Phi) is 6.24. The van der Waals surface area contributed by atoms with Crippen molar-refractivity contribution in [3.8, 4) is 0 Å². The van der Waals surface area contributed by atoms with Crippen LogP contribution in [0, 0.1) is 0 Å². The van der Waals surface area contributed by atoms with Gasteiger partial charge in [-0.15, -0.1) is 11.3 Å². The van der Waals surface area contributed by atoms with Crippen molar-refractivity contribution in [2.75, 3.05) is 38.1 Å². The van der Waals surface area contributed by atoms with Crippen molar-refractivity contribution in [1.29, 1.82) is 0 Å². The lowest BCUT2D eigenvalue weighted by Crippen LogP contribution is -2.49. The molecule has 1 aliphatic heterocycles. The summed E-state index contributed by atoms with van der Waals surface area (Å²) < 4.78 is 29.8. The second-order valence-corrected chi connectivity index (χ2v) is 12.5. The Morgan fingerprint density at radius 2 is 1.94 bits per heavy atom. The van der Waals surface area contributed by atoms with Crippen molar-refractivity contribution >= 4 is 33.0 Å². The van der Waals surface area contributed by atoms with E-state index in [0.29, 0.717) is 36.9 Å². The highest BCUT2D eigenvalue weighted by molar-refractivity contribution is 7.91. The Morgan fingerprint density at radius 3 is 2.75 bits per heavy atom. The van der Waals surface area contributed by atoms with Gasteiger partial charge in [-0.1, -0.05) is 12.1 Å². The minimum Gasteiger partial charge on any atom is -0.339 e. The maximum absolute atomic E-state index is 12.9. The number of thiophene rings is 1. The van der Waals surface area contributed by atoms with Crippen LogP contribution in [-0.4, -0.2) is 70.2 Å². The topological polar surface area (TPSA) is 86.9 Å². The molecule has 0 N–H and O–H groups in total. The number of aryl methyl sites for hydroxylation is 1. The SMILES string of the molecule is CN(Cc1cn2c(N3CCN(S(=O)(=O)c4cccs4)CC3)nccc2n1)[C@H]1CCCc2cccnc21. The van der Waals surface area contributed by atoms with Crippen LogP contribution in [0.3, 0.4) is 0 Å². The number of pyridine rings is 1. The Balaban J connectivity index is 1.19. The van der Waals surface area contributed by atoms with E-state index in [1.807, 2.05) is 22.7 Å². The minimum absolute atomic E-state index is 0.288. The van der Waals surface area contributed by atoms with E-state index in [2.05, 4.69) is 34.1 Å². The molecule has 0 spiro atoms.